The summed E-state index contributed by atoms with van der Waals surface area (Å²) >= 11 is 0. The molecule has 4 heteroatoms. The molecule has 0 saturated heterocycles. The molecular weight excluding hydrogens is 226 g/mol. The van der Waals surface area contributed by atoms with Crippen LogP contribution in [0, 0.1) is 0 Å². The van der Waals surface area contributed by atoms with Crippen molar-refractivity contribution in [1.82, 2.24) is 10.1 Å². The highest BCUT2D eigenvalue weighted by Crippen LogP contribution is 2.33. The summed E-state index contributed by atoms with van der Waals surface area (Å²) in [6, 6.07) is 8.39. The van der Waals surface area contributed by atoms with Crippen LogP contribution < -0.4 is 5.32 Å². The molecule has 4 nitrogen and oxygen atoms in total. The number of hydrogen-bond donors (Lipinski definition) is 1. The molecule has 0 bridgehead atoms. The number of aromatic nitrogens is 2. The van der Waals surface area contributed by atoms with Gasteiger partial charge in [-0.1, -0.05) is 44.1 Å². The summed E-state index contributed by atoms with van der Waals surface area (Å²) in [6.07, 6.45) is 0.905. The molecule has 1 aliphatic rings. The van der Waals surface area contributed by atoms with Crippen molar-refractivity contribution in [3.8, 4) is 0 Å². The molecule has 1 N–H and O–H groups in total. The van der Waals surface area contributed by atoms with Crippen molar-refractivity contribution in [1.29, 1.82) is 0 Å². The van der Waals surface area contributed by atoms with Crippen LogP contribution in [0.15, 0.2) is 28.8 Å². The zero-order valence-electron chi connectivity index (χ0n) is 10.9. The number of nitrogens with one attached hydrogen (secondary N) is 1. The fraction of sp³-hybridized carbons (Fsp3) is 0.429. The van der Waals surface area contributed by atoms with Crippen molar-refractivity contribution in [3.63, 3.8) is 0 Å². The van der Waals surface area contributed by atoms with E-state index in [0.29, 0.717) is 5.89 Å². The summed E-state index contributed by atoms with van der Waals surface area (Å²) in [4.78, 5) is 4.51. The third-order valence-corrected chi connectivity index (χ3v) is 3.18. The average Bonchev–Trinajstić information content (AvgIpc) is 2.94. The third kappa shape index (κ3) is 1.88. The highest BCUT2D eigenvalue weighted by molar-refractivity contribution is 5.56. The van der Waals surface area contributed by atoms with Crippen LogP contribution in [0.5, 0.6) is 0 Å². The van der Waals surface area contributed by atoms with Gasteiger partial charge in [0.2, 0.25) is 5.89 Å². The van der Waals surface area contributed by atoms with E-state index in [0.717, 1.165) is 17.9 Å². The molecule has 3 rings (SSSR count). The first-order chi connectivity index (χ1) is 8.54. The van der Waals surface area contributed by atoms with Gasteiger partial charge in [-0.15, -0.1) is 0 Å². The van der Waals surface area contributed by atoms with Crippen LogP contribution in [0.2, 0.25) is 0 Å². The van der Waals surface area contributed by atoms with Gasteiger partial charge in [-0.05, 0) is 11.6 Å². The molecule has 1 aliphatic heterocycles. The van der Waals surface area contributed by atoms with E-state index in [1.807, 2.05) is 6.07 Å². The number of anilines is 1. The fourth-order valence-electron chi connectivity index (χ4n) is 2.13. The molecule has 0 radical (unpaired) electrons. The molecule has 1 aromatic heterocycles. The van der Waals surface area contributed by atoms with Crippen molar-refractivity contribution < 1.29 is 4.52 Å². The van der Waals surface area contributed by atoms with Crippen molar-refractivity contribution in [2.75, 3.05) is 5.32 Å². The molecule has 0 aliphatic carbocycles. The minimum Gasteiger partial charge on any atom is -0.373 e. The van der Waals surface area contributed by atoms with Crippen LogP contribution in [0.3, 0.4) is 0 Å². The van der Waals surface area contributed by atoms with Gasteiger partial charge in [0.1, 0.15) is 6.04 Å². The molecule has 18 heavy (non-hydrogen) atoms. The van der Waals surface area contributed by atoms with Crippen LogP contribution in [0.4, 0.5) is 5.69 Å². The molecule has 0 spiro atoms. The van der Waals surface area contributed by atoms with Gasteiger partial charge in [0, 0.05) is 17.5 Å². The predicted octanol–water partition coefficient (Wildman–Crippen LogP) is 3.08. The summed E-state index contributed by atoms with van der Waals surface area (Å²) < 4.78 is 5.38. The number of para-hydroxylation sites is 1. The standard InChI is InChI=1S/C14H17N3O/c1-14(2,3)13-16-12(18-17-13)11-8-9-6-4-5-7-10(9)15-11/h4-7,11,15H,8H2,1-3H3. The third-order valence-electron chi connectivity index (χ3n) is 3.18. The Labute approximate surface area is 106 Å². The summed E-state index contributed by atoms with van der Waals surface area (Å²) in [7, 11) is 0. The minimum absolute atomic E-state index is 0.0762. The zero-order valence-corrected chi connectivity index (χ0v) is 10.9. The first-order valence-electron chi connectivity index (χ1n) is 6.22. The lowest BCUT2D eigenvalue weighted by Crippen LogP contribution is -2.14. The maximum absolute atomic E-state index is 5.38. The number of rotatable bonds is 1. The highest BCUT2D eigenvalue weighted by Gasteiger charge is 2.28. The van der Waals surface area contributed by atoms with Gasteiger partial charge in [-0.3, -0.25) is 0 Å². The molecule has 1 atom stereocenters. The lowest BCUT2D eigenvalue weighted by atomic mass is 9.96. The van der Waals surface area contributed by atoms with Crippen LogP contribution in [0.1, 0.15) is 44.1 Å². The second-order valence-electron chi connectivity index (χ2n) is 5.76. The maximum Gasteiger partial charge on any atom is 0.249 e. The molecule has 2 aromatic rings. The Morgan fingerprint density at radius 3 is 2.72 bits per heavy atom. The zero-order chi connectivity index (χ0) is 12.8. The van der Waals surface area contributed by atoms with Gasteiger partial charge in [-0.2, -0.15) is 4.98 Å². The van der Waals surface area contributed by atoms with Gasteiger partial charge >= 0.3 is 0 Å². The predicted molar refractivity (Wildman–Crippen MR) is 69.5 cm³/mol. The summed E-state index contributed by atoms with van der Waals surface area (Å²) in [5, 5.41) is 7.49. The van der Waals surface area contributed by atoms with Crippen molar-refractivity contribution >= 4 is 5.69 Å². The van der Waals surface area contributed by atoms with E-state index in [2.05, 4.69) is 54.4 Å². The topological polar surface area (TPSA) is 51.0 Å². The van der Waals surface area contributed by atoms with E-state index in [1.165, 1.54) is 5.56 Å². The van der Waals surface area contributed by atoms with E-state index in [9.17, 15) is 0 Å². The summed E-state index contributed by atoms with van der Waals surface area (Å²) in [5.41, 5.74) is 2.39. The van der Waals surface area contributed by atoms with Crippen LogP contribution in [-0.4, -0.2) is 10.1 Å². The van der Waals surface area contributed by atoms with Crippen molar-refractivity contribution in [2.45, 2.75) is 38.6 Å². The summed E-state index contributed by atoms with van der Waals surface area (Å²) in [6.45, 7) is 6.25. The Morgan fingerprint density at radius 2 is 2.06 bits per heavy atom. The van der Waals surface area contributed by atoms with E-state index >= 15 is 0 Å². The van der Waals surface area contributed by atoms with E-state index in [4.69, 9.17) is 4.52 Å². The Morgan fingerprint density at radius 1 is 1.28 bits per heavy atom. The van der Waals surface area contributed by atoms with Crippen molar-refractivity contribution in [3.05, 3.63) is 41.5 Å². The quantitative estimate of drug-likeness (QED) is 0.836. The van der Waals surface area contributed by atoms with E-state index in [-0.39, 0.29) is 11.5 Å². The van der Waals surface area contributed by atoms with Gasteiger partial charge in [0.15, 0.2) is 5.82 Å². The van der Waals surface area contributed by atoms with Crippen LogP contribution >= 0.6 is 0 Å². The number of nitrogens with zero attached hydrogens (tertiary/aromatic N) is 2. The lowest BCUT2D eigenvalue weighted by molar-refractivity contribution is 0.351. The van der Waals surface area contributed by atoms with Crippen molar-refractivity contribution in [2.24, 2.45) is 0 Å². The SMILES string of the molecule is CC(C)(C)c1noc(C2Cc3ccccc3N2)n1. The van der Waals surface area contributed by atoms with E-state index in [1.54, 1.807) is 0 Å². The van der Waals surface area contributed by atoms with Gasteiger partial charge in [0.05, 0.1) is 0 Å². The first kappa shape index (κ1) is 11.3. The molecule has 94 valence electrons. The molecular formula is C14H17N3O. The fourth-order valence-corrected chi connectivity index (χ4v) is 2.13. The minimum atomic E-state index is -0.0762. The van der Waals surface area contributed by atoms with Gasteiger partial charge in [-0.25, -0.2) is 0 Å². The molecule has 0 saturated carbocycles. The monoisotopic (exact) mass is 243 g/mol. The number of hydrogen-bond acceptors (Lipinski definition) is 4. The van der Waals surface area contributed by atoms with Crippen LogP contribution in [-0.2, 0) is 11.8 Å². The Balaban J connectivity index is 1.85. The Bertz CT molecular complexity index is 543. The molecule has 0 amide bonds. The molecule has 1 aromatic carbocycles. The maximum atomic E-state index is 5.38. The Hall–Kier alpha value is -1.84. The Kier molecular flexibility index (Phi) is 2.40. The summed E-state index contributed by atoms with van der Waals surface area (Å²) in [5.74, 6) is 1.44. The lowest BCUT2D eigenvalue weighted by Gasteiger charge is -2.11. The van der Waals surface area contributed by atoms with Gasteiger partial charge < -0.3 is 9.84 Å². The first-order valence-corrected chi connectivity index (χ1v) is 6.22. The number of fused-ring (bicyclic) bond motifs is 1. The largest absolute Gasteiger partial charge is 0.373 e. The smallest absolute Gasteiger partial charge is 0.249 e. The highest BCUT2D eigenvalue weighted by atomic mass is 16.5. The molecule has 1 unspecified atom stereocenters. The normalized spacial score (nSPS) is 18.5. The van der Waals surface area contributed by atoms with E-state index < -0.39 is 0 Å². The average molecular weight is 243 g/mol. The molecule has 2 heterocycles. The molecule has 0 fully saturated rings. The van der Waals surface area contributed by atoms with Gasteiger partial charge in [0.25, 0.3) is 0 Å². The second-order valence-corrected chi connectivity index (χ2v) is 5.76. The second kappa shape index (κ2) is 3.83. The van der Waals surface area contributed by atoms with Crippen LogP contribution in [0.25, 0.3) is 0 Å². The number of benzene rings is 1.